The minimum Gasteiger partial charge on any atom is -0.496 e. The van der Waals surface area contributed by atoms with Gasteiger partial charge in [0.05, 0.1) is 17.6 Å². The van der Waals surface area contributed by atoms with Gasteiger partial charge < -0.3 is 14.6 Å². The summed E-state index contributed by atoms with van der Waals surface area (Å²) in [5.74, 6) is 2.74. The van der Waals surface area contributed by atoms with Crippen LogP contribution in [0.5, 0.6) is 5.75 Å². The number of nitrogens with one attached hydrogen (secondary N) is 1. The molecule has 0 radical (unpaired) electrons. The first kappa shape index (κ1) is 14.5. The summed E-state index contributed by atoms with van der Waals surface area (Å²) in [6.07, 6.45) is 2.23. The maximum atomic E-state index is 5.43. The topological polar surface area (TPSA) is 60.2 Å². The summed E-state index contributed by atoms with van der Waals surface area (Å²) in [5, 5.41) is 7.53. The first-order valence-electron chi connectivity index (χ1n) is 7.08. The van der Waals surface area contributed by atoms with Crippen LogP contribution in [0.15, 0.2) is 27.2 Å². The Labute approximate surface area is 132 Å². The number of nitrogens with zero attached hydrogens (tertiary/aromatic N) is 2. The zero-order valence-corrected chi connectivity index (χ0v) is 13.7. The minimum absolute atomic E-state index is 0.164. The van der Waals surface area contributed by atoms with E-state index < -0.39 is 0 Å². The smallest absolute Gasteiger partial charge is 0.244 e. The van der Waals surface area contributed by atoms with Gasteiger partial charge in [-0.25, -0.2) is 0 Å². The molecule has 2 heterocycles. The Bertz CT molecular complexity index is 629. The lowest BCUT2D eigenvalue weighted by Crippen LogP contribution is -2.30. The molecule has 2 atom stereocenters. The van der Waals surface area contributed by atoms with Gasteiger partial charge in [-0.3, -0.25) is 0 Å². The van der Waals surface area contributed by atoms with Gasteiger partial charge in [-0.1, -0.05) is 12.1 Å². The molecule has 2 aromatic rings. The molecule has 2 unspecified atom stereocenters. The van der Waals surface area contributed by atoms with Crippen LogP contribution in [0, 0.1) is 5.92 Å². The molecule has 1 aromatic carbocycles. The summed E-state index contributed by atoms with van der Waals surface area (Å²) in [6, 6.07) is 5.91. The van der Waals surface area contributed by atoms with E-state index in [0.717, 1.165) is 28.8 Å². The highest BCUT2D eigenvalue weighted by atomic mass is 79.9. The average Bonchev–Trinajstić information content (AvgIpc) is 2.97. The number of hydrogen-bond donors (Lipinski definition) is 1. The van der Waals surface area contributed by atoms with E-state index in [0.29, 0.717) is 17.6 Å². The van der Waals surface area contributed by atoms with Crippen LogP contribution >= 0.6 is 15.9 Å². The Morgan fingerprint density at radius 1 is 1.43 bits per heavy atom. The molecule has 0 aliphatic carbocycles. The Hall–Kier alpha value is -1.40. The van der Waals surface area contributed by atoms with Crippen LogP contribution in [0.4, 0.5) is 0 Å². The zero-order chi connectivity index (χ0) is 14.8. The molecule has 1 fully saturated rings. The molecule has 1 saturated heterocycles. The quantitative estimate of drug-likeness (QED) is 0.915. The van der Waals surface area contributed by atoms with E-state index in [9.17, 15) is 0 Å². The highest BCUT2D eigenvalue weighted by Crippen LogP contribution is 2.31. The third-order valence-corrected chi connectivity index (χ3v) is 4.44. The average molecular weight is 352 g/mol. The molecule has 5 nitrogen and oxygen atoms in total. The van der Waals surface area contributed by atoms with Gasteiger partial charge in [0.15, 0.2) is 0 Å². The predicted octanol–water partition coefficient (Wildman–Crippen LogP) is 3.57. The second-order valence-electron chi connectivity index (χ2n) is 5.44. The molecule has 0 saturated carbocycles. The third kappa shape index (κ3) is 3.11. The van der Waals surface area contributed by atoms with E-state index in [4.69, 9.17) is 9.26 Å². The summed E-state index contributed by atoms with van der Waals surface area (Å²) < 4.78 is 11.5. The summed E-state index contributed by atoms with van der Waals surface area (Å²) in [4.78, 5) is 4.53. The molecule has 6 heteroatoms. The fraction of sp³-hybridized carbons (Fsp3) is 0.467. The molecule has 1 N–H and O–H groups in total. The fourth-order valence-electron chi connectivity index (χ4n) is 2.60. The lowest BCUT2D eigenvalue weighted by Gasteiger charge is -2.25. The van der Waals surface area contributed by atoms with Gasteiger partial charge in [0, 0.05) is 5.56 Å². The van der Waals surface area contributed by atoms with Crippen LogP contribution < -0.4 is 10.1 Å². The highest BCUT2D eigenvalue weighted by Gasteiger charge is 2.25. The van der Waals surface area contributed by atoms with Crippen LogP contribution in [-0.4, -0.2) is 23.8 Å². The van der Waals surface area contributed by atoms with Gasteiger partial charge in [-0.05, 0) is 59.4 Å². The van der Waals surface area contributed by atoms with Crippen molar-refractivity contribution in [3.63, 3.8) is 0 Å². The predicted molar refractivity (Wildman–Crippen MR) is 83.1 cm³/mol. The molecular weight excluding hydrogens is 334 g/mol. The normalized spacial score (nSPS) is 22.2. The number of rotatable bonds is 3. The van der Waals surface area contributed by atoms with Crippen molar-refractivity contribution in [3.05, 3.63) is 28.6 Å². The highest BCUT2D eigenvalue weighted by molar-refractivity contribution is 9.10. The molecule has 0 amide bonds. The van der Waals surface area contributed by atoms with Gasteiger partial charge >= 0.3 is 0 Å². The van der Waals surface area contributed by atoms with Crippen molar-refractivity contribution in [3.8, 4) is 17.1 Å². The Morgan fingerprint density at radius 2 is 2.29 bits per heavy atom. The molecule has 21 heavy (non-hydrogen) atoms. The van der Waals surface area contributed by atoms with E-state index >= 15 is 0 Å². The summed E-state index contributed by atoms with van der Waals surface area (Å²) in [7, 11) is 1.64. The molecule has 3 rings (SSSR count). The van der Waals surface area contributed by atoms with Gasteiger partial charge in [-0.15, -0.1) is 0 Å². The third-order valence-electron chi connectivity index (χ3n) is 3.82. The maximum Gasteiger partial charge on any atom is 0.244 e. The monoisotopic (exact) mass is 351 g/mol. The lowest BCUT2D eigenvalue weighted by atomic mass is 9.94. The van der Waals surface area contributed by atoms with Crippen molar-refractivity contribution in [1.29, 1.82) is 0 Å². The maximum absolute atomic E-state index is 5.43. The Morgan fingerprint density at radius 3 is 3.00 bits per heavy atom. The van der Waals surface area contributed by atoms with Crippen molar-refractivity contribution in [2.45, 2.75) is 25.8 Å². The van der Waals surface area contributed by atoms with E-state index in [1.807, 2.05) is 18.2 Å². The lowest BCUT2D eigenvalue weighted by molar-refractivity contribution is 0.260. The molecular formula is C15H18BrN3O2. The molecule has 1 aliphatic rings. The first-order chi connectivity index (χ1) is 10.2. The van der Waals surface area contributed by atoms with Crippen LogP contribution in [0.3, 0.4) is 0 Å². The van der Waals surface area contributed by atoms with E-state index in [1.165, 1.54) is 6.42 Å². The summed E-state index contributed by atoms with van der Waals surface area (Å²) in [6.45, 7) is 3.25. The summed E-state index contributed by atoms with van der Waals surface area (Å²) >= 11 is 3.47. The second kappa shape index (κ2) is 6.15. The van der Waals surface area contributed by atoms with Crippen LogP contribution in [-0.2, 0) is 0 Å². The van der Waals surface area contributed by atoms with Crippen molar-refractivity contribution in [2.75, 3.05) is 13.7 Å². The SMILES string of the molecule is COc1ccc(-c2noc(C3CC(C)CCN3)n2)cc1Br. The largest absolute Gasteiger partial charge is 0.496 e. The number of benzene rings is 1. The van der Waals surface area contributed by atoms with Crippen molar-refractivity contribution < 1.29 is 9.26 Å². The van der Waals surface area contributed by atoms with Gasteiger partial charge in [0.25, 0.3) is 0 Å². The Balaban J connectivity index is 1.82. The van der Waals surface area contributed by atoms with Gasteiger partial charge in [0.1, 0.15) is 5.75 Å². The second-order valence-corrected chi connectivity index (χ2v) is 6.30. The van der Waals surface area contributed by atoms with E-state index in [-0.39, 0.29) is 6.04 Å². The van der Waals surface area contributed by atoms with Crippen LogP contribution in [0.25, 0.3) is 11.4 Å². The number of aromatic nitrogens is 2. The van der Waals surface area contributed by atoms with Crippen molar-refractivity contribution in [1.82, 2.24) is 15.5 Å². The first-order valence-corrected chi connectivity index (χ1v) is 7.87. The van der Waals surface area contributed by atoms with Crippen molar-refractivity contribution in [2.24, 2.45) is 5.92 Å². The van der Waals surface area contributed by atoms with Gasteiger partial charge in [0.2, 0.25) is 11.7 Å². The fourth-order valence-corrected chi connectivity index (χ4v) is 3.14. The molecule has 0 spiro atoms. The van der Waals surface area contributed by atoms with Crippen LogP contribution in [0.2, 0.25) is 0 Å². The molecule has 112 valence electrons. The minimum atomic E-state index is 0.164. The molecule has 1 aliphatic heterocycles. The number of ether oxygens (including phenoxy) is 1. The Kier molecular flexibility index (Phi) is 4.26. The van der Waals surface area contributed by atoms with E-state index in [1.54, 1.807) is 7.11 Å². The number of halogens is 1. The number of methoxy groups -OCH3 is 1. The molecule has 0 bridgehead atoms. The number of hydrogen-bond acceptors (Lipinski definition) is 5. The standard InChI is InChI=1S/C15H18BrN3O2/c1-9-5-6-17-12(7-9)15-18-14(19-21-15)10-3-4-13(20-2)11(16)8-10/h3-4,8-9,12,17H,5-7H2,1-2H3. The van der Waals surface area contributed by atoms with Gasteiger partial charge in [-0.2, -0.15) is 4.98 Å². The number of piperidine rings is 1. The van der Waals surface area contributed by atoms with E-state index in [2.05, 4.69) is 38.3 Å². The zero-order valence-electron chi connectivity index (χ0n) is 12.1. The molecule has 1 aromatic heterocycles. The van der Waals surface area contributed by atoms with Crippen molar-refractivity contribution >= 4 is 15.9 Å². The van der Waals surface area contributed by atoms with Crippen LogP contribution in [0.1, 0.15) is 31.7 Å². The summed E-state index contributed by atoms with van der Waals surface area (Å²) in [5.41, 5.74) is 0.904.